The molecule has 0 spiro atoms. The Morgan fingerprint density at radius 3 is 2.56 bits per heavy atom. The number of aromatic nitrogens is 1. The van der Waals surface area contributed by atoms with Crippen molar-refractivity contribution in [2.45, 2.75) is 32.4 Å². The van der Waals surface area contributed by atoms with Crippen LogP contribution in [0.1, 0.15) is 35.8 Å². The molecule has 0 saturated carbocycles. The van der Waals surface area contributed by atoms with Crippen molar-refractivity contribution >= 4 is 22.7 Å². The molecular weight excluding hydrogens is 452 g/mol. The van der Waals surface area contributed by atoms with Crippen LogP contribution in [-0.4, -0.2) is 70.8 Å². The molecule has 1 N–H and O–H groups in total. The summed E-state index contributed by atoms with van der Waals surface area (Å²) in [7, 11) is 1.62. The Labute approximate surface area is 212 Å². The number of rotatable bonds is 6. The molecule has 5 rings (SSSR count). The predicted octanol–water partition coefficient (Wildman–Crippen LogP) is 4.28. The zero-order valence-corrected chi connectivity index (χ0v) is 21.1. The molecule has 7 nitrogen and oxygen atoms in total. The second-order valence-corrected chi connectivity index (χ2v) is 9.97. The number of aromatic amines is 1. The molecule has 36 heavy (non-hydrogen) atoms. The van der Waals surface area contributed by atoms with Gasteiger partial charge in [-0.25, -0.2) is 0 Å². The van der Waals surface area contributed by atoms with Gasteiger partial charge in [0, 0.05) is 42.8 Å². The van der Waals surface area contributed by atoms with Gasteiger partial charge in [0.2, 0.25) is 5.91 Å². The molecule has 7 heteroatoms. The summed E-state index contributed by atoms with van der Waals surface area (Å²) in [5.41, 5.74) is 3.27. The molecule has 3 heterocycles. The van der Waals surface area contributed by atoms with E-state index in [0.717, 1.165) is 48.1 Å². The van der Waals surface area contributed by atoms with Gasteiger partial charge in [-0.2, -0.15) is 0 Å². The zero-order chi connectivity index (χ0) is 25.2. The third-order valence-corrected chi connectivity index (χ3v) is 7.55. The van der Waals surface area contributed by atoms with Gasteiger partial charge in [0.25, 0.3) is 5.91 Å². The maximum atomic E-state index is 13.6. The summed E-state index contributed by atoms with van der Waals surface area (Å²) >= 11 is 0. The summed E-state index contributed by atoms with van der Waals surface area (Å²) in [4.78, 5) is 36.2. The third kappa shape index (κ3) is 4.70. The number of piperidine rings is 1. The monoisotopic (exact) mass is 486 g/mol. The Balaban J connectivity index is 1.42. The highest BCUT2D eigenvalue weighted by Crippen LogP contribution is 2.29. The molecule has 0 aliphatic carbocycles. The van der Waals surface area contributed by atoms with Crippen LogP contribution in [-0.2, 0) is 11.3 Å². The maximum absolute atomic E-state index is 13.6. The number of H-pyrrole nitrogens is 1. The summed E-state index contributed by atoms with van der Waals surface area (Å²) in [6.45, 7) is 9.54. The Morgan fingerprint density at radius 2 is 1.83 bits per heavy atom. The normalized spacial score (nSPS) is 19.1. The van der Waals surface area contributed by atoms with Crippen LogP contribution >= 0.6 is 0 Å². The second kappa shape index (κ2) is 10.1. The van der Waals surface area contributed by atoms with E-state index in [1.165, 1.54) is 0 Å². The number of benzene rings is 2. The number of fused-ring (bicyclic) bond motifs is 1. The van der Waals surface area contributed by atoms with Gasteiger partial charge < -0.3 is 24.4 Å². The number of ether oxygens (including phenoxy) is 1. The van der Waals surface area contributed by atoms with E-state index in [0.29, 0.717) is 30.5 Å². The van der Waals surface area contributed by atoms with Crippen LogP contribution in [0.2, 0.25) is 0 Å². The molecule has 188 valence electrons. The van der Waals surface area contributed by atoms with Gasteiger partial charge in [-0.1, -0.05) is 49.9 Å². The molecule has 2 aliphatic rings. The molecule has 3 aromatic rings. The van der Waals surface area contributed by atoms with Crippen molar-refractivity contribution in [1.82, 2.24) is 19.7 Å². The standard InChI is InChI=1S/C29H34N4O3/c1-20-12-14-31(15-13-20)21(2)26-18-32(19-28(34)33(26)17-22-8-5-4-6-9-22)29(35)25-16-23-24(30-25)10-7-11-27(23)36-3/h4-11,16,20,26,30H,2,12-15,17-19H2,1,3H3/t26-/m1/s1. The van der Waals surface area contributed by atoms with Gasteiger partial charge in [-0.3, -0.25) is 9.59 Å². The van der Waals surface area contributed by atoms with Crippen molar-refractivity contribution < 1.29 is 14.3 Å². The topological polar surface area (TPSA) is 68.9 Å². The van der Waals surface area contributed by atoms with E-state index in [1.54, 1.807) is 12.0 Å². The van der Waals surface area contributed by atoms with Crippen LogP contribution in [0, 0.1) is 5.92 Å². The lowest BCUT2D eigenvalue weighted by molar-refractivity contribution is -0.138. The minimum atomic E-state index is -0.275. The highest BCUT2D eigenvalue weighted by Gasteiger charge is 2.38. The Kier molecular flexibility index (Phi) is 6.72. The summed E-state index contributed by atoms with van der Waals surface area (Å²) < 4.78 is 5.45. The summed E-state index contributed by atoms with van der Waals surface area (Å²) in [6.07, 6.45) is 2.22. The highest BCUT2D eigenvalue weighted by atomic mass is 16.5. The number of likely N-dealkylation sites (tertiary alicyclic amines) is 1. The van der Waals surface area contributed by atoms with E-state index >= 15 is 0 Å². The fourth-order valence-electron chi connectivity index (χ4n) is 5.32. The van der Waals surface area contributed by atoms with Gasteiger partial charge in [-0.15, -0.1) is 0 Å². The fraction of sp³-hybridized carbons (Fsp3) is 0.379. The van der Waals surface area contributed by atoms with Crippen molar-refractivity contribution in [3.05, 3.63) is 78.1 Å². The van der Waals surface area contributed by atoms with Gasteiger partial charge in [0.15, 0.2) is 0 Å². The van der Waals surface area contributed by atoms with Crippen molar-refractivity contribution in [3.63, 3.8) is 0 Å². The van der Waals surface area contributed by atoms with Gasteiger partial charge in [0.1, 0.15) is 18.0 Å². The molecule has 0 unspecified atom stereocenters. The van der Waals surface area contributed by atoms with Crippen molar-refractivity contribution in [3.8, 4) is 5.75 Å². The van der Waals surface area contributed by atoms with Crippen molar-refractivity contribution in [2.24, 2.45) is 5.92 Å². The third-order valence-electron chi connectivity index (χ3n) is 7.55. The summed E-state index contributed by atoms with van der Waals surface area (Å²) in [6, 6.07) is 17.2. The highest BCUT2D eigenvalue weighted by molar-refractivity contribution is 6.01. The zero-order valence-electron chi connectivity index (χ0n) is 21.1. The minimum Gasteiger partial charge on any atom is -0.496 e. The maximum Gasteiger partial charge on any atom is 0.270 e. The Bertz CT molecular complexity index is 1260. The summed E-state index contributed by atoms with van der Waals surface area (Å²) in [5.74, 6) is 1.14. The number of amides is 2. The van der Waals surface area contributed by atoms with E-state index in [1.807, 2.05) is 59.5 Å². The van der Waals surface area contributed by atoms with E-state index in [2.05, 4.69) is 23.4 Å². The molecule has 0 radical (unpaired) electrons. The smallest absolute Gasteiger partial charge is 0.270 e. The molecule has 1 aromatic heterocycles. The van der Waals surface area contributed by atoms with E-state index in [9.17, 15) is 9.59 Å². The first kappa shape index (κ1) is 24.0. The molecule has 2 aliphatic heterocycles. The number of nitrogens with zero attached hydrogens (tertiary/aromatic N) is 3. The number of nitrogens with one attached hydrogen (secondary N) is 1. The largest absolute Gasteiger partial charge is 0.496 e. The Morgan fingerprint density at radius 1 is 1.08 bits per heavy atom. The predicted molar refractivity (Wildman–Crippen MR) is 141 cm³/mol. The Hall–Kier alpha value is -3.74. The fourth-order valence-corrected chi connectivity index (χ4v) is 5.32. The molecule has 0 bridgehead atoms. The number of piperazine rings is 1. The minimum absolute atomic E-state index is 0.0407. The lowest BCUT2D eigenvalue weighted by Gasteiger charge is -2.45. The molecule has 2 aromatic carbocycles. The quantitative estimate of drug-likeness (QED) is 0.565. The number of carbonyl (C=O) groups is 2. The summed E-state index contributed by atoms with van der Waals surface area (Å²) in [5, 5.41) is 0.848. The van der Waals surface area contributed by atoms with Crippen LogP contribution in [0.25, 0.3) is 10.9 Å². The van der Waals surface area contributed by atoms with Crippen molar-refractivity contribution in [1.29, 1.82) is 0 Å². The lowest BCUT2D eigenvalue weighted by atomic mass is 9.97. The van der Waals surface area contributed by atoms with Crippen LogP contribution in [0.4, 0.5) is 0 Å². The molecule has 2 saturated heterocycles. The van der Waals surface area contributed by atoms with Gasteiger partial charge in [0.05, 0.1) is 13.2 Å². The number of hydrogen-bond donors (Lipinski definition) is 1. The van der Waals surface area contributed by atoms with Crippen LogP contribution in [0.5, 0.6) is 5.75 Å². The molecule has 2 fully saturated rings. The number of hydrogen-bond acceptors (Lipinski definition) is 4. The first-order valence-corrected chi connectivity index (χ1v) is 12.7. The van der Waals surface area contributed by atoms with Gasteiger partial charge >= 0.3 is 0 Å². The molecule has 2 amide bonds. The molecule has 1 atom stereocenters. The van der Waals surface area contributed by atoms with Crippen LogP contribution in [0.3, 0.4) is 0 Å². The SMILES string of the molecule is C=C([C@H]1CN(C(=O)c2cc3c(OC)cccc3[nH]2)CC(=O)N1Cc1ccccc1)N1CCC(C)CC1. The average Bonchev–Trinajstić information content (AvgIpc) is 3.34. The van der Waals surface area contributed by atoms with Crippen LogP contribution in [0.15, 0.2) is 66.9 Å². The van der Waals surface area contributed by atoms with E-state index < -0.39 is 0 Å². The average molecular weight is 487 g/mol. The van der Waals surface area contributed by atoms with Crippen LogP contribution < -0.4 is 4.74 Å². The number of methoxy groups -OCH3 is 1. The first-order chi connectivity index (χ1) is 17.4. The lowest BCUT2D eigenvalue weighted by Crippen LogP contribution is -2.59. The van der Waals surface area contributed by atoms with Crippen molar-refractivity contribution in [2.75, 3.05) is 33.3 Å². The van der Waals surface area contributed by atoms with E-state index in [-0.39, 0.29) is 24.4 Å². The van der Waals surface area contributed by atoms with Gasteiger partial charge in [-0.05, 0) is 42.5 Å². The van der Waals surface area contributed by atoms with E-state index in [4.69, 9.17) is 4.74 Å². The number of carbonyl (C=O) groups excluding carboxylic acids is 2. The molecular formula is C29H34N4O3. The second-order valence-electron chi connectivity index (χ2n) is 9.97. The first-order valence-electron chi connectivity index (χ1n) is 12.7.